The Labute approximate surface area is 251 Å². The van der Waals surface area contributed by atoms with E-state index in [2.05, 4.69) is 10.1 Å². The zero-order valence-electron chi connectivity index (χ0n) is 24.1. The minimum absolute atomic E-state index is 0.189. The van der Waals surface area contributed by atoms with Crippen molar-refractivity contribution in [3.8, 4) is 0 Å². The van der Waals surface area contributed by atoms with E-state index in [0.717, 1.165) is 27.6 Å². The van der Waals surface area contributed by atoms with Crippen LogP contribution in [-0.2, 0) is 18.9 Å². The molecule has 1 saturated heterocycles. The molecule has 1 N–H and O–H groups in total. The van der Waals surface area contributed by atoms with Crippen molar-refractivity contribution in [3.63, 3.8) is 0 Å². The summed E-state index contributed by atoms with van der Waals surface area (Å²) >= 11 is 0. The second-order valence-electron chi connectivity index (χ2n) is 10.4. The molecule has 0 radical (unpaired) electrons. The molecule has 1 fully saturated rings. The van der Waals surface area contributed by atoms with E-state index < -0.39 is 60.3 Å². The lowest BCUT2D eigenvalue weighted by Crippen LogP contribution is -2.43. The number of hydrogen-bond donors (Lipinski definition) is 1. The van der Waals surface area contributed by atoms with E-state index in [1.54, 1.807) is 72.8 Å². The molecule has 0 bridgehead atoms. The van der Waals surface area contributed by atoms with Gasteiger partial charge in [0.2, 0.25) is 0 Å². The lowest BCUT2D eigenvalue weighted by Gasteiger charge is -2.24. The molecular formula is C32H29N3O9. The summed E-state index contributed by atoms with van der Waals surface area (Å²) < 4.78 is 24.0. The molecule has 2 heterocycles. The van der Waals surface area contributed by atoms with Gasteiger partial charge < -0.3 is 18.9 Å². The number of nitrogens with zero attached hydrogens (tertiary/aromatic N) is 2. The zero-order chi connectivity index (χ0) is 31.4. The Morgan fingerprint density at radius 2 is 1.18 bits per heavy atom. The van der Waals surface area contributed by atoms with Crippen LogP contribution in [0.4, 0.5) is 0 Å². The highest BCUT2D eigenvalue weighted by atomic mass is 16.7. The maximum Gasteiger partial charge on any atom is 0.347 e. The number of hydrogen-bond acceptors (Lipinski definition) is 10. The lowest BCUT2D eigenvalue weighted by molar-refractivity contribution is -0.0699. The highest BCUT2D eigenvalue weighted by Gasteiger charge is 2.52. The molecule has 0 amide bonds. The zero-order valence-corrected chi connectivity index (χ0v) is 24.1. The van der Waals surface area contributed by atoms with Crippen LogP contribution in [0.15, 0.2) is 88.6 Å². The van der Waals surface area contributed by atoms with Gasteiger partial charge >= 0.3 is 23.6 Å². The first kappa shape index (κ1) is 30.1. The van der Waals surface area contributed by atoms with Gasteiger partial charge in [-0.2, -0.15) is 9.78 Å². The van der Waals surface area contributed by atoms with Gasteiger partial charge in [0, 0.05) is 0 Å². The Bertz CT molecular complexity index is 1780. The Morgan fingerprint density at radius 1 is 0.727 bits per heavy atom. The number of H-pyrrole nitrogens is 1. The average molecular weight is 600 g/mol. The Hall–Kier alpha value is -5.36. The summed E-state index contributed by atoms with van der Waals surface area (Å²) in [4.78, 5) is 66.0. The number of nitrogens with one attached hydrogen (secondary N) is 1. The summed E-state index contributed by atoms with van der Waals surface area (Å²) in [6, 6.07) is 19.8. The smallest absolute Gasteiger partial charge is 0.347 e. The second kappa shape index (κ2) is 12.9. The molecule has 5 rings (SSSR count). The van der Waals surface area contributed by atoms with E-state index in [1.807, 2.05) is 20.8 Å². The number of carbonyl (C=O) groups excluding carboxylic acids is 3. The summed E-state index contributed by atoms with van der Waals surface area (Å²) in [5.74, 6) is -2.24. The Morgan fingerprint density at radius 3 is 1.66 bits per heavy atom. The minimum atomic E-state index is -1.47. The molecule has 0 unspecified atom stereocenters. The molecule has 226 valence electrons. The topological polar surface area (TPSA) is 156 Å². The fourth-order valence-electron chi connectivity index (χ4n) is 4.54. The summed E-state index contributed by atoms with van der Waals surface area (Å²) in [7, 11) is 0. The molecule has 1 aliphatic rings. The van der Waals surface area contributed by atoms with Gasteiger partial charge in [-0.15, -0.1) is 0 Å². The number of esters is 3. The third-order valence-corrected chi connectivity index (χ3v) is 6.99. The van der Waals surface area contributed by atoms with Crippen molar-refractivity contribution >= 4 is 17.9 Å². The molecule has 44 heavy (non-hydrogen) atoms. The SMILES string of the molecule is Cc1ccc(C(=O)OC[C@H]2O[C@@H](n3ncc(=O)[nH]c3=O)[C@H](OC(=O)c3ccc(C)cc3)[C@@H]2OC(=O)c2ccc(C)cc2)cc1. The van der Waals surface area contributed by atoms with Crippen LogP contribution >= 0.6 is 0 Å². The monoisotopic (exact) mass is 599 g/mol. The van der Waals surface area contributed by atoms with Crippen molar-refractivity contribution in [1.29, 1.82) is 0 Å². The van der Waals surface area contributed by atoms with Gasteiger partial charge in [0.05, 0.1) is 16.7 Å². The molecule has 4 atom stereocenters. The van der Waals surface area contributed by atoms with Gasteiger partial charge in [0.15, 0.2) is 18.4 Å². The van der Waals surface area contributed by atoms with E-state index >= 15 is 0 Å². The Kier molecular flexibility index (Phi) is 8.81. The number of carbonyl (C=O) groups is 3. The highest BCUT2D eigenvalue weighted by molar-refractivity contribution is 5.91. The molecule has 12 nitrogen and oxygen atoms in total. The summed E-state index contributed by atoms with van der Waals surface area (Å²) in [6.07, 6.45) is -4.64. The summed E-state index contributed by atoms with van der Waals surface area (Å²) in [6.45, 7) is 5.15. The van der Waals surface area contributed by atoms with Crippen LogP contribution in [0.1, 0.15) is 54.0 Å². The maximum absolute atomic E-state index is 13.3. The van der Waals surface area contributed by atoms with Gasteiger partial charge in [0.25, 0.3) is 5.56 Å². The quantitative estimate of drug-likeness (QED) is 0.236. The molecule has 0 saturated carbocycles. The number of aryl methyl sites for hydroxylation is 3. The minimum Gasteiger partial charge on any atom is -0.459 e. The maximum atomic E-state index is 13.3. The molecule has 0 spiro atoms. The second-order valence-corrected chi connectivity index (χ2v) is 10.4. The number of rotatable bonds is 8. The lowest BCUT2D eigenvalue weighted by atomic mass is 10.1. The van der Waals surface area contributed by atoms with Gasteiger partial charge in [-0.25, -0.2) is 19.2 Å². The van der Waals surface area contributed by atoms with Gasteiger partial charge in [-0.1, -0.05) is 53.1 Å². The largest absolute Gasteiger partial charge is 0.459 e. The number of aromatic nitrogens is 3. The van der Waals surface area contributed by atoms with Crippen LogP contribution < -0.4 is 11.2 Å². The van der Waals surface area contributed by atoms with Crippen molar-refractivity contribution in [2.75, 3.05) is 6.61 Å². The van der Waals surface area contributed by atoms with Crippen molar-refractivity contribution in [2.24, 2.45) is 0 Å². The third kappa shape index (κ3) is 6.81. The van der Waals surface area contributed by atoms with Gasteiger partial charge in [-0.05, 0) is 57.2 Å². The molecule has 0 aliphatic carbocycles. The van der Waals surface area contributed by atoms with E-state index in [4.69, 9.17) is 18.9 Å². The molecule has 3 aromatic carbocycles. The summed E-state index contributed by atoms with van der Waals surface area (Å²) in [5, 5.41) is 3.86. The van der Waals surface area contributed by atoms with E-state index in [-0.39, 0.29) is 16.7 Å². The molecular weight excluding hydrogens is 570 g/mol. The first-order valence-electron chi connectivity index (χ1n) is 13.7. The predicted octanol–water partition coefficient (Wildman–Crippen LogP) is 3.06. The first-order chi connectivity index (χ1) is 21.1. The van der Waals surface area contributed by atoms with Crippen molar-refractivity contribution in [3.05, 3.63) is 133 Å². The van der Waals surface area contributed by atoms with Crippen LogP contribution in [0, 0.1) is 20.8 Å². The third-order valence-electron chi connectivity index (χ3n) is 6.99. The summed E-state index contributed by atoms with van der Waals surface area (Å²) in [5.41, 5.74) is 1.73. The van der Waals surface area contributed by atoms with Crippen LogP contribution in [0.25, 0.3) is 0 Å². The molecule has 4 aromatic rings. The molecule has 1 aliphatic heterocycles. The number of benzene rings is 3. The highest BCUT2D eigenvalue weighted by Crippen LogP contribution is 2.34. The van der Waals surface area contributed by atoms with E-state index in [9.17, 15) is 24.0 Å². The van der Waals surface area contributed by atoms with Gasteiger partial charge in [0.1, 0.15) is 18.9 Å². The van der Waals surface area contributed by atoms with E-state index in [0.29, 0.717) is 0 Å². The van der Waals surface area contributed by atoms with Crippen molar-refractivity contribution < 1.29 is 33.3 Å². The number of ether oxygens (including phenoxy) is 4. The van der Waals surface area contributed by atoms with E-state index in [1.165, 1.54) is 0 Å². The molecule has 12 heteroatoms. The van der Waals surface area contributed by atoms with Crippen LogP contribution in [-0.4, -0.2) is 57.6 Å². The number of aromatic amines is 1. The normalized spacial score (nSPS) is 19.2. The van der Waals surface area contributed by atoms with Crippen molar-refractivity contribution in [2.45, 2.75) is 45.3 Å². The average Bonchev–Trinajstić information content (AvgIpc) is 3.32. The Balaban J connectivity index is 1.50. The predicted molar refractivity (Wildman–Crippen MR) is 155 cm³/mol. The first-order valence-corrected chi connectivity index (χ1v) is 13.7. The van der Waals surface area contributed by atoms with Crippen molar-refractivity contribution in [1.82, 2.24) is 14.8 Å². The van der Waals surface area contributed by atoms with Crippen LogP contribution in [0.3, 0.4) is 0 Å². The van der Waals surface area contributed by atoms with Crippen LogP contribution in [0.2, 0.25) is 0 Å². The molecule has 1 aromatic heterocycles. The van der Waals surface area contributed by atoms with Crippen LogP contribution in [0.5, 0.6) is 0 Å². The van der Waals surface area contributed by atoms with Gasteiger partial charge in [-0.3, -0.25) is 9.78 Å². The standard InChI is InChI=1S/C32H29N3O9/c1-18-4-10-21(11-5-18)29(37)41-17-24-26(43-30(38)22-12-6-19(2)7-13-22)27(44-31(39)23-14-8-20(3)9-15-23)28(42-24)35-32(40)34-25(36)16-33-35/h4-16,24,26-28H,17H2,1-3H3,(H,34,36,40)/t24-,26-,27-,28-/m1/s1. The fraction of sp³-hybridized carbons (Fsp3) is 0.250. The fourth-order valence-corrected chi connectivity index (χ4v) is 4.54.